The zero-order valence-electron chi connectivity index (χ0n) is 18.5. The maximum absolute atomic E-state index is 5.05. The highest BCUT2D eigenvalue weighted by atomic mass is 15.2. The fraction of sp³-hybridized carbons (Fsp3) is 0.360. The molecular weight excluding hydrogens is 398 g/mol. The van der Waals surface area contributed by atoms with Crippen molar-refractivity contribution in [3.05, 3.63) is 53.6 Å². The number of allylic oxidation sites excluding steroid dienone is 1. The van der Waals surface area contributed by atoms with E-state index in [9.17, 15) is 0 Å². The minimum atomic E-state index is 0.488. The van der Waals surface area contributed by atoms with Crippen molar-refractivity contribution in [3.63, 3.8) is 0 Å². The Morgan fingerprint density at radius 1 is 1.03 bits per heavy atom. The maximum Gasteiger partial charge on any atom is 0.161 e. The number of pyridine rings is 2. The summed E-state index contributed by atoms with van der Waals surface area (Å²) in [7, 11) is 0. The van der Waals surface area contributed by atoms with Gasteiger partial charge < -0.3 is 9.88 Å². The highest BCUT2D eigenvalue weighted by Gasteiger charge is 2.27. The first-order valence-corrected chi connectivity index (χ1v) is 11.5. The largest absolute Gasteiger partial charge is 0.370 e. The van der Waals surface area contributed by atoms with E-state index in [1.165, 1.54) is 30.7 Å². The SMILES string of the molecule is Cc1ccncc1-c1ccc2[nH]nc(-c3nc4c([nH]3)CC(C)C=C4N3CCCCC3)c2n1. The Kier molecular flexibility index (Phi) is 4.56. The summed E-state index contributed by atoms with van der Waals surface area (Å²) in [4.78, 5) is 20.4. The van der Waals surface area contributed by atoms with Crippen LogP contribution in [0.2, 0.25) is 0 Å². The Hall–Kier alpha value is -3.48. The molecule has 1 atom stereocenters. The van der Waals surface area contributed by atoms with E-state index in [0.717, 1.165) is 64.6 Å². The summed E-state index contributed by atoms with van der Waals surface area (Å²) in [6.07, 6.45) is 10.9. The number of fused-ring (bicyclic) bond motifs is 2. The summed E-state index contributed by atoms with van der Waals surface area (Å²) >= 11 is 0. The number of nitrogens with one attached hydrogen (secondary N) is 2. The van der Waals surface area contributed by atoms with Crippen LogP contribution in [-0.4, -0.2) is 48.1 Å². The lowest BCUT2D eigenvalue weighted by Crippen LogP contribution is -2.30. The standard InChI is InChI=1S/C25H27N7/c1-15-12-20-22(21(13-15)32-10-4-3-5-11-32)29-25(28-20)24-23-19(30-31-24)7-6-18(27-23)17-14-26-9-8-16(17)2/h6-9,13-15H,3-5,10-12H2,1-2H3,(H,28,29)(H,30,31). The Bertz CT molecular complexity index is 1320. The van der Waals surface area contributed by atoms with Crippen molar-refractivity contribution >= 4 is 16.7 Å². The average Bonchev–Trinajstić information content (AvgIpc) is 3.43. The third-order valence-electron chi connectivity index (χ3n) is 6.63. The van der Waals surface area contributed by atoms with Crippen LogP contribution in [0.15, 0.2) is 36.7 Å². The molecule has 1 aliphatic carbocycles. The number of H-pyrrole nitrogens is 2. The van der Waals surface area contributed by atoms with Gasteiger partial charge in [-0.25, -0.2) is 9.97 Å². The molecule has 32 heavy (non-hydrogen) atoms. The number of rotatable bonds is 3. The first-order valence-electron chi connectivity index (χ1n) is 11.5. The molecule has 1 fully saturated rings. The van der Waals surface area contributed by atoms with E-state index in [0.29, 0.717) is 5.92 Å². The van der Waals surface area contributed by atoms with Crippen LogP contribution >= 0.6 is 0 Å². The molecule has 0 spiro atoms. The molecule has 1 unspecified atom stereocenters. The zero-order valence-corrected chi connectivity index (χ0v) is 18.5. The lowest BCUT2D eigenvalue weighted by Gasteiger charge is -2.33. The number of hydrogen-bond donors (Lipinski definition) is 2. The summed E-state index contributed by atoms with van der Waals surface area (Å²) in [5.41, 5.74) is 9.13. The third-order valence-corrected chi connectivity index (χ3v) is 6.63. The van der Waals surface area contributed by atoms with Crippen molar-refractivity contribution in [2.75, 3.05) is 13.1 Å². The fourth-order valence-electron chi connectivity index (χ4n) is 4.95. The number of hydrogen-bond acceptors (Lipinski definition) is 5. The van der Waals surface area contributed by atoms with E-state index in [-0.39, 0.29) is 0 Å². The summed E-state index contributed by atoms with van der Waals surface area (Å²) in [6, 6.07) is 6.05. The van der Waals surface area contributed by atoms with Crippen LogP contribution in [0.25, 0.3) is 39.5 Å². The number of imidazole rings is 1. The zero-order chi connectivity index (χ0) is 21.7. The molecule has 0 radical (unpaired) electrons. The van der Waals surface area contributed by atoms with E-state index >= 15 is 0 Å². The average molecular weight is 426 g/mol. The quantitative estimate of drug-likeness (QED) is 0.495. The van der Waals surface area contributed by atoms with Gasteiger partial charge in [-0.3, -0.25) is 10.1 Å². The number of aromatic amines is 2. The van der Waals surface area contributed by atoms with Crippen molar-refractivity contribution in [2.45, 2.75) is 39.5 Å². The van der Waals surface area contributed by atoms with E-state index in [2.05, 4.69) is 45.0 Å². The van der Waals surface area contributed by atoms with Crippen LogP contribution in [0.1, 0.15) is 43.1 Å². The highest BCUT2D eigenvalue weighted by Crippen LogP contribution is 2.35. The summed E-state index contributed by atoms with van der Waals surface area (Å²) < 4.78 is 0. The highest BCUT2D eigenvalue weighted by molar-refractivity contribution is 5.90. The fourth-order valence-corrected chi connectivity index (χ4v) is 4.95. The summed E-state index contributed by atoms with van der Waals surface area (Å²) in [6.45, 7) is 6.58. The monoisotopic (exact) mass is 425 g/mol. The van der Waals surface area contributed by atoms with Crippen molar-refractivity contribution in [1.82, 2.24) is 35.0 Å². The normalized spacial score (nSPS) is 18.6. The van der Waals surface area contributed by atoms with Crippen molar-refractivity contribution in [1.29, 1.82) is 0 Å². The van der Waals surface area contributed by atoms with Gasteiger partial charge in [0.25, 0.3) is 0 Å². The lowest BCUT2D eigenvalue weighted by molar-refractivity contribution is 0.322. The molecular formula is C25H27N7. The molecule has 2 N–H and O–H groups in total. The molecule has 5 heterocycles. The van der Waals surface area contributed by atoms with Crippen molar-refractivity contribution in [2.24, 2.45) is 5.92 Å². The molecule has 0 bridgehead atoms. The molecule has 2 aliphatic rings. The molecule has 0 aromatic carbocycles. The van der Waals surface area contributed by atoms with Gasteiger partial charge in [0.15, 0.2) is 11.5 Å². The lowest BCUT2D eigenvalue weighted by atomic mass is 9.94. The smallest absolute Gasteiger partial charge is 0.161 e. The molecule has 0 amide bonds. The molecule has 1 saturated heterocycles. The molecule has 4 aromatic rings. The van der Waals surface area contributed by atoms with Crippen LogP contribution in [0.4, 0.5) is 0 Å². The predicted octanol–water partition coefficient (Wildman–Crippen LogP) is 4.74. The second-order valence-corrected chi connectivity index (χ2v) is 9.05. The molecule has 6 rings (SSSR count). The van der Waals surface area contributed by atoms with Gasteiger partial charge in [0.1, 0.15) is 11.2 Å². The molecule has 162 valence electrons. The Balaban J connectivity index is 1.43. The van der Waals surface area contributed by atoms with E-state index in [1.54, 1.807) is 0 Å². The van der Waals surface area contributed by atoms with Gasteiger partial charge in [-0.1, -0.05) is 13.0 Å². The predicted molar refractivity (Wildman–Crippen MR) is 126 cm³/mol. The minimum Gasteiger partial charge on any atom is -0.370 e. The molecule has 0 saturated carbocycles. The van der Waals surface area contributed by atoms with Gasteiger partial charge in [0, 0.05) is 36.7 Å². The Morgan fingerprint density at radius 3 is 2.75 bits per heavy atom. The van der Waals surface area contributed by atoms with Gasteiger partial charge in [-0.2, -0.15) is 5.10 Å². The Labute approximate surface area is 187 Å². The second-order valence-electron chi connectivity index (χ2n) is 9.05. The van der Waals surface area contributed by atoms with Crippen LogP contribution in [0.5, 0.6) is 0 Å². The number of nitrogens with zero attached hydrogens (tertiary/aromatic N) is 5. The van der Waals surface area contributed by atoms with Gasteiger partial charge >= 0.3 is 0 Å². The first-order chi connectivity index (χ1) is 15.7. The number of aromatic nitrogens is 6. The van der Waals surface area contributed by atoms with Crippen molar-refractivity contribution in [3.8, 4) is 22.8 Å². The topological polar surface area (TPSA) is 86.4 Å². The van der Waals surface area contributed by atoms with E-state index < -0.39 is 0 Å². The minimum absolute atomic E-state index is 0.488. The maximum atomic E-state index is 5.05. The number of piperidine rings is 1. The van der Waals surface area contributed by atoms with E-state index in [4.69, 9.17) is 9.97 Å². The van der Waals surface area contributed by atoms with Gasteiger partial charge in [-0.05, 0) is 62.3 Å². The first kappa shape index (κ1) is 19.2. The van der Waals surface area contributed by atoms with Crippen LogP contribution in [0.3, 0.4) is 0 Å². The van der Waals surface area contributed by atoms with Crippen LogP contribution < -0.4 is 0 Å². The second kappa shape index (κ2) is 7.58. The number of likely N-dealkylation sites (tertiary alicyclic amines) is 1. The molecule has 1 aliphatic heterocycles. The number of aryl methyl sites for hydroxylation is 1. The molecule has 7 nitrogen and oxygen atoms in total. The van der Waals surface area contributed by atoms with Gasteiger partial charge in [0.2, 0.25) is 0 Å². The summed E-state index contributed by atoms with van der Waals surface area (Å²) in [5.74, 6) is 1.27. The van der Waals surface area contributed by atoms with E-state index in [1.807, 2.05) is 30.6 Å². The Morgan fingerprint density at radius 2 is 1.91 bits per heavy atom. The van der Waals surface area contributed by atoms with Gasteiger partial charge in [0.05, 0.1) is 16.9 Å². The van der Waals surface area contributed by atoms with Crippen molar-refractivity contribution < 1.29 is 0 Å². The molecule has 4 aromatic heterocycles. The van der Waals surface area contributed by atoms with Crippen LogP contribution in [-0.2, 0) is 6.42 Å². The van der Waals surface area contributed by atoms with Gasteiger partial charge in [-0.15, -0.1) is 0 Å². The third kappa shape index (κ3) is 3.20. The van der Waals surface area contributed by atoms with Crippen LogP contribution in [0, 0.1) is 12.8 Å². The summed E-state index contributed by atoms with van der Waals surface area (Å²) in [5, 5.41) is 7.72. The molecule has 7 heteroatoms.